The summed E-state index contributed by atoms with van der Waals surface area (Å²) in [5.41, 5.74) is 0.951. The fraction of sp³-hybridized carbons (Fsp3) is 0.357. The zero-order chi connectivity index (χ0) is 15.7. The first-order valence-corrected chi connectivity index (χ1v) is 8.49. The van der Waals surface area contributed by atoms with Crippen LogP contribution in [0.2, 0.25) is 0 Å². The Labute approximate surface area is 127 Å². The smallest absolute Gasteiger partial charge is 0.274 e. The molecular weight excluding hydrogens is 306 g/mol. The van der Waals surface area contributed by atoms with Crippen LogP contribution in [0.3, 0.4) is 0 Å². The van der Waals surface area contributed by atoms with Crippen LogP contribution in [0, 0.1) is 6.92 Å². The summed E-state index contributed by atoms with van der Waals surface area (Å²) >= 11 is 0. The number of sulfone groups is 1. The highest BCUT2D eigenvalue weighted by Crippen LogP contribution is 2.22. The minimum Gasteiger partial charge on any atom is -0.468 e. The molecule has 3 heterocycles. The van der Waals surface area contributed by atoms with Gasteiger partial charge in [-0.25, -0.2) is 13.4 Å². The van der Waals surface area contributed by atoms with Crippen LogP contribution in [0.15, 0.2) is 35.2 Å². The van der Waals surface area contributed by atoms with Gasteiger partial charge < -0.3 is 9.32 Å². The zero-order valence-electron chi connectivity index (χ0n) is 12.0. The van der Waals surface area contributed by atoms with Gasteiger partial charge in [0.05, 0.1) is 23.4 Å². The molecule has 1 amide bonds. The van der Waals surface area contributed by atoms with Crippen molar-refractivity contribution in [1.29, 1.82) is 0 Å². The number of amides is 1. The molecule has 116 valence electrons. The van der Waals surface area contributed by atoms with Crippen molar-refractivity contribution < 1.29 is 17.6 Å². The number of nitrogens with zero attached hydrogens (tertiary/aromatic N) is 3. The lowest BCUT2D eigenvalue weighted by molar-refractivity contribution is 0.0652. The summed E-state index contributed by atoms with van der Waals surface area (Å²) in [6.07, 6.45) is 4.36. The Kier molecular flexibility index (Phi) is 3.69. The lowest BCUT2D eigenvalue weighted by Gasteiger charge is -2.38. The summed E-state index contributed by atoms with van der Waals surface area (Å²) < 4.78 is 29.5. The van der Waals surface area contributed by atoms with Crippen molar-refractivity contribution in [3.8, 4) is 0 Å². The molecule has 0 unspecified atom stereocenters. The van der Waals surface area contributed by atoms with Gasteiger partial charge in [-0.3, -0.25) is 9.78 Å². The van der Waals surface area contributed by atoms with Crippen molar-refractivity contribution in [2.45, 2.75) is 17.9 Å². The summed E-state index contributed by atoms with van der Waals surface area (Å²) in [5, 5.41) is -0.556. The Hall–Kier alpha value is -2.22. The lowest BCUT2D eigenvalue weighted by Crippen LogP contribution is -2.57. The van der Waals surface area contributed by atoms with E-state index in [4.69, 9.17) is 4.42 Å². The second-order valence-corrected chi connectivity index (χ2v) is 7.54. The molecule has 0 aliphatic carbocycles. The van der Waals surface area contributed by atoms with Gasteiger partial charge in [-0.2, -0.15) is 0 Å². The molecule has 0 radical (unpaired) electrons. The van der Waals surface area contributed by atoms with Crippen LogP contribution in [0.1, 0.15) is 21.9 Å². The molecular formula is C14H15N3O4S. The lowest BCUT2D eigenvalue weighted by atomic mass is 10.2. The first-order chi connectivity index (χ1) is 10.5. The topological polar surface area (TPSA) is 93.4 Å². The molecule has 2 aromatic heterocycles. The largest absolute Gasteiger partial charge is 0.468 e. The van der Waals surface area contributed by atoms with Crippen molar-refractivity contribution in [1.82, 2.24) is 14.9 Å². The Morgan fingerprint density at radius 3 is 2.73 bits per heavy atom. The Morgan fingerprint density at radius 1 is 1.36 bits per heavy atom. The minimum atomic E-state index is -3.33. The van der Waals surface area contributed by atoms with Gasteiger partial charge >= 0.3 is 0 Å². The van der Waals surface area contributed by atoms with E-state index >= 15 is 0 Å². The highest BCUT2D eigenvalue weighted by atomic mass is 32.2. The van der Waals surface area contributed by atoms with Gasteiger partial charge in [-0.05, 0) is 19.1 Å². The van der Waals surface area contributed by atoms with E-state index in [1.807, 2.05) is 0 Å². The van der Waals surface area contributed by atoms with Crippen LogP contribution in [-0.2, 0) is 15.6 Å². The quantitative estimate of drug-likeness (QED) is 0.827. The van der Waals surface area contributed by atoms with Gasteiger partial charge in [-0.1, -0.05) is 0 Å². The van der Waals surface area contributed by atoms with E-state index in [0.29, 0.717) is 5.76 Å². The van der Waals surface area contributed by atoms with Gasteiger partial charge in [0.25, 0.3) is 5.91 Å². The van der Waals surface area contributed by atoms with Crippen molar-refractivity contribution in [2.24, 2.45) is 0 Å². The van der Waals surface area contributed by atoms with Crippen molar-refractivity contribution >= 4 is 15.7 Å². The number of aryl methyl sites for hydroxylation is 1. The fourth-order valence-electron chi connectivity index (χ4n) is 2.21. The molecule has 7 nitrogen and oxygen atoms in total. The fourth-order valence-corrected chi connectivity index (χ4v) is 3.82. The second-order valence-electron chi connectivity index (χ2n) is 5.26. The molecule has 0 atom stereocenters. The molecule has 0 spiro atoms. The molecule has 0 saturated carbocycles. The highest BCUT2D eigenvalue weighted by molar-refractivity contribution is 7.91. The Morgan fingerprint density at radius 2 is 2.14 bits per heavy atom. The number of likely N-dealkylation sites (tertiary alicyclic amines) is 1. The zero-order valence-corrected chi connectivity index (χ0v) is 12.8. The Bertz CT molecular complexity index is 763. The molecule has 3 rings (SSSR count). The van der Waals surface area contributed by atoms with Crippen LogP contribution >= 0.6 is 0 Å². The third-order valence-electron chi connectivity index (χ3n) is 3.57. The monoisotopic (exact) mass is 321 g/mol. The molecule has 0 bridgehead atoms. The summed E-state index contributed by atoms with van der Waals surface area (Å²) in [6.45, 7) is 2.14. The van der Waals surface area contributed by atoms with Gasteiger partial charge in [0.15, 0.2) is 9.84 Å². The van der Waals surface area contributed by atoms with Gasteiger partial charge in [-0.15, -0.1) is 0 Å². The van der Waals surface area contributed by atoms with Crippen LogP contribution in [0.25, 0.3) is 0 Å². The number of rotatable bonds is 4. The van der Waals surface area contributed by atoms with Gasteiger partial charge in [0.1, 0.15) is 17.2 Å². The van der Waals surface area contributed by atoms with E-state index < -0.39 is 15.1 Å². The average molecular weight is 321 g/mol. The molecule has 22 heavy (non-hydrogen) atoms. The SMILES string of the molecule is Cc1cnc(C(=O)N2CC(S(=O)(=O)Cc3ccco3)C2)cn1. The standard InChI is InChI=1S/C14H15N3O4S/c1-10-5-16-13(6-15-10)14(18)17-7-12(8-17)22(19,20)9-11-3-2-4-21-11/h2-6,12H,7-9H2,1H3. The third kappa shape index (κ3) is 2.87. The predicted molar refractivity (Wildman–Crippen MR) is 77.8 cm³/mol. The third-order valence-corrected chi connectivity index (χ3v) is 5.57. The summed E-state index contributed by atoms with van der Waals surface area (Å²) in [6, 6.07) is 3.28. The summed E-state index contributed by atoms with van der Waals surface area (Å²) in [5.74, 6) is -0.0250. The second kappa shape index (κ2) is 5.53. The highest BCUT2D eigenvalue weighted by Gasteiger charge is 2.40. The normalized spacial score (nSPS) is 15.6. The van der Waals surface area contributed by atoms with E-state index in [-0.39, 0.29) is 30.4 Å². The summed E-state index contributed by atoms with van der Waals surface area (Å²) in [7, 11) is -3.33. The molecule has 1 aliphatic heterocycles. The summed E-state index contributed by atoms with van der Waals surface area (Å²) in [4.78, 5) is 21.6. The van der Waals surface area contributed by atoms with Crippen LogP contribution < -0.4 is 0 Å². The van der Waals surface area contributed by atoms with E-state index in [1.165, 1.54) is 23.6 Å². The van der Waals surface area contributed by atoms with Crippen LogP contribution in [0.4, 0.5) is 0 Å². The maximum Gasteiger partial charge on any atom is 0.274 e. The Balaban J connectivity index is 1.61. The van der Waals surface area contributed by atoms with E-state index in [9.17, 15) is 13.2 Å². The van der Waals surface area contributed by atoms with E-state index in [1.54, 1.807) is 19.1 Å². The first kappa shape index (κ1) is 14.7. The first-order valence-electron chi connectivity index (χ1n) is 6.77. The molecule has 1 aliphatic rings. The number of hydrogen-bond donors (Lipinski definition) is 0. The number of carbonyl (C=O) groups is 1. The van der Waals surface area contributed by atoms with Gasteiger partial charge in [0.2, 0.25) is 0 Å². The van der Waals surface area contributed by atoms with E-state index in [0.717, 1.165) is 5.69 Å². The molecule has 1 saturated heterocycles. The van der Waals surface area contributed by atoms with Gasteiger partial charge in [0, 0.05) is 19.3 Å². The predicted octanol–water partition coefficient (Wildman–Crippen LogP) is 0.817. The van der Waals surface area contributed by atoms with Crippen molar-refractivity contribution in [3.63, 3.8) is 0 Å². The van der Waals surface area contributed by atoms with Crippen LogP contribution in [0.5, 0.6) is 0 Å². The molecule has 8 heteroatoms. The number of carbonyl (C=O) groups excluding carboxylic acids is 1. The number of hydrogen-bond acceptors (Lipinski definition) is 6. The number of furan rings is 1. The van der Waals surface area contributed by atoms with Crippen molar-refractivity contribution in [2.75, 3.05) is 13.1 Å². The maximum absolute atomic E-state index is 12.2. The maximum atomic E-state index is 12.2. The van der Waals surface area contributed by atoms with Crippen LogP contribution in [-0.4, -0.2) is 47.5 Å². The molecule has 0 aromatic carbocycles. The molecule has 2 aromatic rings. The average Bonchev–Trinajstić information content (AvgIpc) is 2.89. The molecule has 0 N–H and O–H groups in total. The minimum absolute atomic E-state index is 0.142. The molecule has 1 fully saturated rings. The van der Waals surface area contributed by atoms with E-state index in [2.05, 4.69) is 9.97 Å². The number of aromatic nitrogens is 2. The van der Waals surface area contributed by atoms with Crippen molar-refractivity contribution in [3.05, 3.63) is 47.9 Å².